The van der Waals surface area contributed by atoms with Gasteiger partial charge in [-0.25, -0.2) is 0 Å². The number of hydrogen-bond donors (Lipinski definition) is 1. The third-order valence-corrected chi connectivity index (χ3v) is 3.00. The molecule has 0 spiro atoms. The highest BCUT2D eigenvalue weighted by atomic mass is 15.3. The number of nitrogens with zero attached hydrogens (tertiary/aromatic N) is 3. The second kappa shape index (κ2) is 6.78. The van der Waals surface area contributed by atoms with Crippen LogP contribution in [0, 0.1) is 5.41 Å². The van der Waals surface area contributed by atoms with E-state index in [0.717, 1.165) is 38.4 Å². The minimum Gasteiger partial charge on any atom is -0.382 e. The van der Waals surface area contributed by atoms with Crippen molar-refractivity contribution in [1.29, 1.82) is 0 Å². The first-order valence-electron chi connectivity index (χ1n) is 6.93. The van der Waals surface area contributed by atoms with Crippen LogP contribution < -0.4 is 5.32 Å². The molecule has 4 heteroatoms. The highest BCUT2D eigenvalue weighted by Crippen LogP contribution is 2.14. The summed E-state index contributed by atoms with van der Waals surface area (Å²) in [7, 11) is 0. The second-order valence-corrected chi connectivity index (χ2v) is 5.93. The fourth-order valence-electron chi connectivity index (χ4n) is 1.73. The van der Waals surface area contributed by atoms with E-state index in [9.17, 15) is 0 Å². The molecule has 1 N–H and O–H groups in total. The maximum absolute atomic E-state index is 4.38. The Bertz CT molecular complexity index is 334. The van der Waals surface area contributed by atoms with E-state index in [-0.39, 0.29) is 0 Å². The molecule has 0 radical (unpaired) electrons. The van der Waals surface area contributed by atoms with Crippen molar-refractivity contribution in [3.63, 3.8) is 0 Å². The normalized spacial score (nSPS) is 12.1. The van der Waals surface area contributed by atoms with Crippen molar-refractivity contribution in [2.24, 2.45) is 5.41 Å². The van der Waals surface area contributed by atoms with Crippen LogP contribution >= 0.6 is 0 Å². The third-order valence-electron chi connectivity index (χ3n) is 3.00. The highest BCUT2D eigenvalue weighted by Gasteiger charge is 2.10. The van der Waals surface area contributed by atoms with E-state index in [1.807, 2.05) is 10.9 Å². The molecule has 4 nitrogen and oxygen atoms in total. The van der Waals surface area contributed by atoms with Crippen molar-refractivity contribution >= 4 is 5.69 Å². The number of aromatic nitrogens is 2. The van der Waals surface area contributed by atoms with Crippen LogP contribution in [0.15, 0.2) is 12.4 Å². The number of nitrogens with one attached hydrogen (secondary N) is 1. The van der Waals surface area contributed by atoms with Gasteiger partial charge < -0.3 is 10.2 Å². The largest absolute Gasteiger partial charge is 0.382 e. The van der Waals surface area contributed by atoms with Crippen molar-refractivity contribution in [1.82, 2.24) is 14.7 Å². The third kappa shape index (κ3) is 5.54. The Morgan fingerprint density at radius 2 is 1.94 bits per heavy atom. The summed E-state index contributed by atoms with van der Waals surface area (Å²) in [5.74, 6) is 0. The predicted molar refractivity (Wildman–Crippen MR) is 78.0 cm³/mol. The van der Waals surface area contributed by atoms with Gasteiger partial charge in [0, 0.05) is 19.3 Å². The van der Waals surface area contributed by atoms with E-state index in [4.69, 9.17) is 0 Å². The maximum Gasteiger partial charge on any atom is 0.0726 e. The van der Waals surface area contributed by atoms with Gasteiger partial charge in [0.15, 0.2) is 0 Å². The van der Waals surface area contributed by atoms with Gasteiger partial charge in [-0.2, -0.15) is 5.10 Å². The van der Waals surface area contributed by atoms with Gasteiger partial charge in [-0.3, -0.25) is 4.68 Å². The summed E-state index contributed by atoms with van der Waals surface area (Å²) in [6.07, 6.45) is 4.00. The average molecular weight is 252 g/mol. The molecule has 18 heavy (non-hydrogen) atoms. The van der Waals surface area contributed by atoms with Gasteiger partial charge in [-0.05, 0) is 18.5 Å². The second-order valence-electron chi connectivity index (χ2n) is 5.93. The smallest absolute Gasteiger partial charge is 0.0726 e. The van der Waals surface area contributed by atoms with Crippen LogP contribution in [0.25, 0.3) is 0 Å². The fraction of sp³-hybridized carbons (Fsp3) is 0.786. The summed E-state index contributed by atoms with van der Waals surface area (Å²) >= 11 is 0. The lowest BCUT2D eigenvalue weighted by atomic mass is 9.97. The van der Waals surface area contributed by atoms with Gasteiger partial charge in [0.2, 0.25) is 0 Å². The molecule has 0 unspecified atom stereocenters. The van der Waals surface area contributed by atoms with Gasteiger partial charge in [-0.15, -0.1) is 0 Å². The quantitative estimate of drug-likeness (QED) is 0.810. The molecule has 0 aromatic carbocycles. The van der Waals surface area contributed by atoms with Gasteiger partial charge in [0.1, 0.15) is 0 Å². The molecule has 1 rings (SSSR count). The summed E-state index contributed by atoms with van der Waals surface area (Å²) in [6, 6.07) is 0. The van der Waals surface area contributed by atoms with E-state index >= 15 is 0 Å². The molecule has 0 atom stereocenters. The minimum absolute atomic E-state index is 0.295. The maximum atomic E-state index is 4.38. The fourth-order valence-corrected chi connectivity index (χ4v) is 1.73. The first kappa shape index (κ1) is 15.0. The zero-order valence-electron chi connectivity index (χ0n) is 12.5. The van der Waals surface area contributed by atoms with Crippen molar-refractivity contribution < 1.29 is 0 Å². The molecule has 0 aliphatic heterocycles. The van der Waals surface area contributed by atoms with Crippen molar-refractivity contribution in [2.45, 2.75) is 41.2 Å². The van der Waals surface area contributed by atoms with Crippen LogP contribution in [-0.4, -0.2) is 40.9 Å². The van der Waals surface area contributed by atoms with E-state index < -0.39 is 0 Å². The van der Waals surface area contributed by atoms with Crippen LogP contribution in [0.5, 0.6) is 0 Å². The van der Waals surface area contributed by atoms with Gasteiger partial charge in [0.05, 0.1) is 18.4 Å². The van der Waals surface area contributed by atoms with E-state index in [1.54, 1.807) is 0 Å². The number of likely N-dealkylation sites (N-methyl/N-ethyl adjacent to an activating group) is 1. The predicted octanol–water partition coefficient (Wildman–Crippen LogP) is 2.68. The number of anilines is 1. The molecular formula is C14H28N4. The van der Waals surface area contributed by atoms with Crippen LogP contribution in [0.3, 0.4) is 0 Å². The topological polar surface area (TPSA) is 33.1 Å². The van der Waals surface area contributed by atoms with Crippen molar-refractivity contribution in [3.8, 4) is 0 Å². The van der Waals surface area contributed by atoms with Gasteiger partial charge >= 0.3 is 0 Å². The monoisotopic (exact) mass is 252 g/mol. The van der Waals surface area contributed by atoms with E-state index in [1.165, 1.54) is 0 Å². The lowest BCUT2D eigenvalue weighted by molar-refractivity contribution is 0.285. The molecule has 1 aromatic rings. The SMILES string of the molecule is CCN(CC)CCn1cc(NCC(C)(C)C)cn1. The summed E-state index contributed by atoms with van der Waals surface area (Å²) in [6.45, 7) is 16.3. The summed E-state index contributed by atoms with van der Waals surface area (Å²) < 4.78 is 2.02. The van der Waals surface area contributed by atoms with Crippen LogP contribution in [-0.2, 0) is 6.54 Å². The van der Waals surface area contributed by atoms with Crippen LogP contribution in [0.1, 0.15) is 34.6 Å². The van der Waals surface area contributed by atoms with Crippen molar-refractivity contribution in [2.75, 3.05) is 31.5 Å². The lowest BCUT2D eigenvalue weighted by Crippen LogP contribution is -2.27. The zero-order valence-corrected chi connectivity index (χ0v) is 12.5. The Kier molecular flexibility index (Phi) is 5.66. The van der Waals surface area contributed by atoms with Crippen LogP contribution in [0.4, 0.5) is 5.69 Å². The molecule has 0 saturated heterocycles. The Morgan fingerprint density at radius 3 is 2.50 bits per heavy atom. The zero-order chi connectivity index (χ0) is 13.6. The molecule has 0 aliphatic carbocycles. The van der Waals surface area contributed by atoms with Crippen LogP contribution in [0.2, 0.25) is 0 Å². The van der Waals surface area contributed by atoms with E-state index in [0.29, 0.717) is 5.41 Å². The molecule has 0 amide bonds. The first-order chi connectivity index (χ1) is 8.44. The Balaban J connectivity index is 2.39. The molecule has 1 aromatic heterocycles. The van der Waals surface area contributed by atoms with Crippen molar-refractivity contribution in [3.05, 3.63) is 12.4 Å². The summed E-state index contributed by atoms with van der Waals surface area (Å²) in [5, 5.41) is 7.81. The van der Waals surface area contributed by atoms with E-state index in [2.05, 4.69) is 56.1 Å². The molecule has 0 saturated carbocycles. The van der Waals surface area contributed by atoms with Gasteiger partial charge in [0.25, 0.3) is 0 Å². The molecular weight excluding hydrogens is 224 g/mol. The minimum atomic E-state index is 0.295. The average Bonchev–Trinajstić information content (AvgIpc) is 2.75. The summed E-state index contributed by atoms with van der Waals surface area (Å²) in [4.78, 5) is 2.41. The molecule has 104 valence electrons. The Hall–Kier alpha value is -1.03. The number of rotatable bonds is 7. The standard InChI is InChI=1S/C14H28N4/c1-6-17(7-2)8-9-18-11-13(10-16-18)15-12-14(3,4)5/h10-11,15H,6-9,12H2,1-5H3. The number of hydrogen-bond acceptors (Lipinski definition) is 3. The Morgan fingerprint density at radius 1 is 1.28 bits per heavy atom. The molecule has 0 bridgehead atoms. The molecule has 0 fully saturated rings. The highest BCUT2D eigenvalue weighted by molar-refractivity contribution is 5.38. The molecule has 1 heterocycles. The molecule has 0 aliphatic rings. The first-order valence-corrected chi connectivity index (χ1v) is 6.93. The Labute approximate surface area is 111 Å². The summed E-state index contributed by atoms with van der Waals surface area (Å²) in [5.41, 5.74) is 1.41. The lowest BCUT2D eigenvalue weighted by Gasteiger charge is -2.18. The van der Waals surface area contributed by atoms with Gasteiger partial charge in [-0.1, -0.05) is 34.6 Å².